The van der Waals surface area contributed by atoms with E-state index in [1.165, 1.54) is 5.56 Å². The number of rotatable bonds is 6. The van der Waals surface area contributed by atoms with Gasteiger partial charge in [-0.2, -0.15) is 4.33 Å². The van der Waals surface area contributed by atoms with Gasteiger partial charge in [0.25, 0.3) is 0 Å². The molecule has 0 aliphatic carbocycles. The van der Waals surface area contributed by atoms with Gasteiger partial charge in [0.2, 0.25) is 0 Å². The summed E-state index contributed by atoms with van der Waals surface area (Å²) in [6, 6.07) is 4.12. The minimum absolute atomic E-state index is 0.739. The van der Waals surface area contributed by atoms with Gasteiger partial charge in [0, 0.05) is 36.3 Å². The third-order valence-corrected chi connectivity index (χ3v) is 2.38. The van der Waals surface area contributed by atoms with Gasteiger partial charge in [0.1, 0.15) is 6.54 Å². The van der Waals surface area contributed by atoms with Crippen molar-refractivity contribution in [3.8, 4) is 0 Å². The third-order valence-electron chi connectivity index (χ3n) is 1.78. The number of hydrogen-bond acceptors (Lipinski definition) is 4. The molecule has 0 aromatic carbocycles. The second-order valence-electron chi connectivity index (χ2n) is 2.92. The fraction of sp³-hybridized carbons (Fsp3) is 0.444. The fourth-order valence-electron chi connectivity index (χ4n) is 1.04. The zero-order valence-corrected chi connectivity index (χ0v) is 8.83. The summed E-state index contributed by atoms with van der Waals surface area (Å²) in [5, 5.41) is 12.7. The average Bonchev–Trinajstić information content (AvgIpc) is 2.21. The Hall–Kier alpha value is -0.620. The largest absolute Gasteiger partial charge is 0.691 e. The van der Waals surface area contributed by atoms with E-state index < -0.39 is 0 Å². The molecule has 0 spiro atoms. The van der Waals surface area contributed by atoms with Crippen LogP contribution in [0.15, 0.2) is 24.5 Å². The highest BCUT2D eigenvalue weighted by atomic mass is 32.2. The molecular formula is C9H13NO3S. The van der Waals surface area contributed by atoms with Crippen LogP contribution in [0.25, 0.3) is 0 Å². The van der Waals surface area contributed by atoms with Crippen molar-refractivity contribution in [1.29, 1.82) is 0 Å². The summed E-state index contributed by atoms with van der Waals surface area (Å²) >= 11 is 1.03. The van der Waals surface area contributed by atoms with Gasteiger partial charge in [-0.1, -0.05) is 0 Å². The van der Waals surface area contributed by atoms with E-state index in [1.54, 1.807) is 0 Å². The molecule has 1 aromatic heterocycles. The van der Waals surface area contributed by atoms with Gasteiger partial charge in [-0.05, 0) is 12.5 Å². The summed E-state index contributed by atoms with van der Waals surface area (Å²) < 4.78 is 6.23. The summed E-state index contributed by atoms with van der Waals surface area (Å²) in [4.78, 5) is 0. The molecule has 0 aliphatic rings. The van der Waals surface area contributed by atoms with E-state index in [4.69, 9.17) is 0 Å². The minimum atomic E-state index is 0.739. The first kappa shape index (κ1) is 11.5. The average molecular weight is 215 g/mol. The molecule has 1 aromatic rings. The number of hydrogen-bond donors (Lipinski definition) is 0. The maximum atomic E-state index is 9.45. The van der Waals surface area contributed by atoms with E-state index in [0.29, 0.717) is 0 Å². The van der Waals surface area contributed by atoms with Crippen LogP contribution < -0.4 is 9.82 Å². The predicted octanol–water partition coefficient (Wildman–Crippen LogP) is 0.544. The highest BCUT2D eigenvalue weighted by Crippen LogP contribution is 2.02. The lowest BCUT2D eigenvalue weighted by Gasteiger charge is -2.02. The van der Waals surface area contributed by atoms with Gasteiger partial charge in [-0.3, -0.25) is 5.04 Å². The van der Waals surface area contributed by atoms with Gasteiger partial charge in [0.15, 0.2) is 12.4 Å². The summed E-state index contributed by atoms with van der Waals surface area (Å²) in [6.45, 7) is 2.97. The van der Waals surface area contributed by atoms with E-state index in [2.05, 4.69) is 33.0 Å². The first-order valence-electron chi connectivity index (χ1n) is 4.37. The van der Waals surface area contributed by atoms with Crippen molar-refractivity contribution in [3.63, 3.8) is 0 Å². The topological polar surface area (TPSA) is 45.4 Å². The van der Waals surface area contributed by atoms with Crippen molar-refractivity contribution in [2.24, 2.45) is 0 Å². The number of aryl methyl sites for hydroxylation is 2. The van der Waals surface area contributed by atoms with Crippen LogP contribution in [-0.4, -0.2) is 5.75 Å². The molecule has 0 aliphatic heterocycles. The van der Waals surface area contributed by atoms with Crippen molar-refractivity contribution in [3.05, 3.63) is 30.1 Å². The maximum absolute atomic E-state index is 9.45. The van der Waals surface area contributed by atoms with Gasteiger partial charge < -0.3 is 5.26 Å². The van der Waals surface area contributed by atoms with Crippen LogP contribution in [0.2, 0.25) is 0 Å². The number of aromatic nitrogens is 1. The molecule has 4 nitrogen and oxygen atoms in total. The molecule has 0 amide bonds. The summed E-state index contributed by atoms with van der Waals surface area (Å²) in [6.07, 6.45) is 5.00. The van der Waals surface area contributed by atoms with Crippen LogP contribution in [-0.2, 0) is 15.9 Å². The molecule has 0 saturated heterocycles. The Kier molecular flexibility index (Phi) is 5.55. The molecule has 0 unspecified atom stereocenters. The second-order valence-corrected chi connectivity index (χ2v) is 3.70. The van der Waals surface area contributed by atoms with Crippen molar-refractivity contribution in [2.75, 3.05) is 5.75 Å². The quantitative estimate of drug-likeness (QED) is 0.228. The maximum Gasteiger partial charge on any atom is 0.169 e. The van der Waals surface area contributed by atoms with E-state index >= 15 is 0 Å². The highest BCUT2D eigenvalue weighted by Gasteiger charge is 1.98. The monoisotopic (exact) mass is 215 g/mol. The molecule has 1 heterocycles. The summed E-state index contributed by atoms with van der Waals surface area (Å²) in [5.41, 5.74) is 1.25. The van der Waals surface area contributed by atoms with E-state index in [-0.39, 0.29) is 0 Å². The van der Waals surface area contributed by atoms with Gasteiger partial charge in [-0.15, -0.1) is 0 Å². The lowest BCUT2D eigenvalue weighted by molar-refractivity contribution is -0.777. The van der Waals surface area contributed by atoms with Crippen molar-refractivity contribution in [2.45, 2.75) is 19.9 Å². The number of nitrogens with zero attached hydrogens (tertiary/aromatic N) is 1. The van der Waals surface area contributed by atoms with Crippen LogP contribution in [0, 0.1) is 6.92 Å². The molecule has 0 saturated carbocycles. The van der Waals surface area contributed by atoms with E-state index in [1.807, 2.05) is 12.4 Å². The molecule has 0 radical (unpaired) electrons. The van der Waals surface area contributed by atoms with Gasteiger partial charge >= 0.3 is 0 Å². The van der Waals surface area contributed by atoms with E-state index in [9.17, 15) is 5.26 Å². The molecule has 0 bridgehead atoms. The normalized spacial score (nSPS) is 10.4. The Morgan fingerprint density at radius 2 is 2.14 bits per heavy atom. The zero-order chi connectivity index (χ0) is 10.2. The zero-order valence-electron chi connectivity index (χ0n) is 8.01. The van der Waals surface area contributed by atoms with E-state index in [0.717, 1.165) is 30.8 Å². The second kappa shape index (κ2) is 6.78. The Bertz CT molecular complexity index is 253. The lowest BCUT2D eigenvalue weighted by Crippen LogP contribution is -2.32. The third kappa shape index (κ3) is 4.57. The van der Waals surface area contributed by atoms with Crippen LogP contribution in [0.4, 0.5) is 0 Å². The molecule has 0 atom stereocenters. The van der Waals surface area contributed by atoms with Crippen molar-refractivity contribution in [1.82, 2.24) is 0 Å². The first-order valence-corrected chi connectivity index (χ1v) is 5.28. The Labute approximate surface area is 87.5 Å². The fourth-order valence-corrected chi connectivity index (χ4v) is 1.39. The Morgan fingerprint density at radius 3 is 2.79 bits per heavy atom. The molecule has 0 N–H and O–H groups in total. The van der Waals surface area contributed by atoms with Gasteiger partial charge in [-0.25, -0.2) is 4.57 Å². The molecular weight excluding hydrogens is 202 g/mol. The van der Waals surface area contributed by atoms with Crippen LogP contribution in [0.1, 0.15) is 12.0 Å². The van der Waals surface area contributed by atoms with Crippen LogP contribution in [0.5, 0.6) is 0 Å². The standard InChI is InChI=1S/C9H13NO3S/c1-9-3-6-10(7-4-9)5-2-8-14-13-12-11/h3-4,6-7H,2,5,8H2,1H3. The summed E-state index contributed by atoms with van der Waals surface area (Å²) in [5.74, 6) is 0.739. The first-order chi connectivity index (χ1) is 6.83. The molecule has 14 heavy (non-hydrogen) atoms. The Balaban J connectivity index is 2.15. The lowest BCUT2D eigenvalue weighted by atomic mass is 10.3. The van der Waals surface area contributed by atoms with Crippen LogP contribution in [0.3, 0.4) is 0 Å². The Morgan fingerprint density at radius 1 is 1.43 bits per heavy atom. The van der Waals surface area contributed by atoms with Crippen molar-refractivity contribution >= 4 is 12.0 Å². The van der Waals surface area contributed by atoms with Gasteiger partial charge in [0.05, 0.1) is 0 Å². The smallest absolute Gasteiger partial charge is 0.169 e. The molecule has 1 rings (SSSR count). The predicted molar refractivity (Wildman–Crippen MR) is 50.6 cm³/mol. The van der Waals surface area contributed by atoms with Crippen LogP contribution >= 0.6 is 12.0 Å². The molecule has 0 fully saturated rings. The highest BCUT2D eigenvalue weighted by molar-refractivity contribution is 7.94. The van der Waals surface area contributed by atoms with Crippen molar-refractivity contribution < 1.29 is 19.2 Å². The summed E-state index contributed by atoms with van der Waals surface area (Å²) in [7, 11) is 0. The molecule has 78 valence electrons. The number of pyridine rings is 1. The SMILES string of the molecule is Cc1cc[n+](CCCSOO[O-])cc1. The minimum Gasteiger partial charge on any atom is -0.691 e. The molecule has 5 heteroatoms.